The summed E-state index contributed by atoms with van der Waals surface area (Å²) in [6, 6.07) is 13.3. The normalized spacial score (nSPS) is 11.2. The highest BCUT2D eigenvalue weighted by atomic mass is 35.5. The number of nitrogens with one attached hydrogen (secondary N) is 1. The summed E-state index contributed by atoms with van der Waals surface area (Å²) in [6.07, 6.45) is 2.39. The number of pyridine rings is 1. The van der Waals surface area contributed by atoms with Gasteiger partial charge in [-0.05, 0) is 36.2 Å². The molecule has 1 aromatic carbocycles. The standard InChI is InChI=1S/C17H19ClN2O/c1-17(2,11-13-6-8-14(18)9-7-13)16(21)20-12-15-5-3-4-10-19-15/h3-10H,11-12H2,1-2H3,(H,20,21). The molecule has 0 aliphatic carbocycles. The highest BCUT2D eigenvalue weighted by Gasteiger charge is 2.27. The lowest BCUT2D eigenvalue weighted by Crippen LogP contribution is -2.38. The Labute approximate surface area is 130 Å². The van der Waals surface area contributed by atoms with E-state index in [1.54, 1.807) is 6.20 Å². The molecule has 110 valence electrons. The molecule has 3 nitrogen and oxygen atoms in total. The summed E-state index contributed by atoms with van der Waals surface area (Å²) in [4.78, 5) is 16.5. The van der Waals surface area contributed by atoms with Crippen molar-refractivity contribution in [3.8, 4) is 0 Å². The van der Waals surface area contributed by atoms with E-state index in [1.807, 2.05) is 56.3 Å². The van der Waals surface area contributed by atoms with Gasteiger partial charge in [0.05, 0.1) is 12.2 Å². The zero-order chi connectivity index (χ0) is 15.3. The summed E-state index contributed by atoms with van der Waals surface area (Å²) >= 11 is 5.88. The summed E-state index contributed by atoms with van der Waals surface area (Å²) in [6.45, 7) is 4.33. The van der Waals surface area contributed by atoms with Crippen LogP contribution in [0.2, 0.25) is 5.02 Å². The minimum atomic E-state index is -0.484. The minimum absolute atomic E-state index is 0.0168. The third kappa shape index (κ3) is 4.57. The van der Waals surface area contributed by atoms with Crippen LogP contribution in [0.3, 0.4) is 0 Å². The first-order chi connectivity index (χ1) is 9.97. The lowest BCUT2D eigenvalue weighted by molar-refractivity contribution is -0.129. The van der Waals surface area contributed by atoms with E-state index < -0.39 is 5.41 Å². The molecule has 0 fully saturated rings. The minimum Gasteiger partial charge on any atom is -0.350 e. The molecule has 1 amide bonds. The molecule has 0 saturated carbocycles. The number of carbonyl (C=O) groups excluding carboxylic acids is 1. The number of carbonyl (C=O) groups is 1. The number of hydrogen-bond donors (Lipinski definition) is 1. The van der Waals surface area contributed by atoms with Gasteiger partial charge in [-0.15, -0.1) is 0 Å². The van der Waals surface area contributed by atoms with Gasteiger partial charge in [0, 0.05) is 16.6 Å². The number of hydrogen-bond acceptors (Lipinski definition) is 2. The molecule has 0 radical (unpaired) electrons. The van der Waals surface area contributed by atoms with Crippen molar-refractivity contribution in [1.82, 2.24) is 10.3 Å². The first-order valence-electron chi connectivity index (χ1n) is 6.90. The van der Waals surface area contributed by atoms with E-state index in [0.29, 0.717) is 18.0 Å². The molecule has 2 aromatic rings. The molecule has 1 heterocycles. The molecule has 0 aliphatic rings. The number of aromatic nitrogens is 1. The Balaban J connectivity index is 1.95. The molecule has 4 heteroatoms. The molecule has 0 saturated heterocycles. The number of benzene rings is 1. The van der Waals surface area contributed by atoms with Gasteiger partial charge in [0.1, 0.15) is 0 Å². The lowest BCUT2D eigenvalue weighted by Gasteiger charge is -2.23. The van der Waals surface area contributed by atoms with Gasteiger partial charge in [-0.1, -0.05) is 43.6 Å². The van der Waals surface area contributed by atoms with Gasteiger partial charge in [0.25, 0.3) is 0 Å². The number of rotatable bonds is 5. The summed E-state index contributed by atoms with van der Waals surface area (Å²) in [5.41, 5.74) is 1.47. The van der Waals surface area contributed by atoms with Crippen LogP contribution < -0.4 is 5.32 Å². The monoisotopic (exact) mass is 302 g/mol. The van der Waals surface area contributed by atoms with Crippen LogP contribution in [0.1, 0.15) is 25.1 Å². The van der Waals surface area contributed by atoms with Crippen molar-refractivity contribution in [3.63, 3.8) is 0 Å². The Morgan fingerprint density at radius 1 is 1.19 bits per heavy atom. The molecule has 2 rings (SSSR count). The van der Waals surface area contributed by atoms with Crippen LogP contribution in [0.4, 0.5) is 0 Å². The summed E-state index contributed by atoms with van der Waals surface area (Å²) in [7, 11) is 0. The van der Waals surface area contributed by atoms with E-state index in [2.05, 4.69) is 10.3 Å². The van der Waals surface area contributed by atoms with Crippen LogP contribution in [0.15, 0.2) is 48.7 Å². The maximum absolute atomic E-state index is 12.3. The maximum atomic E-state index is 12.3. The summed E-state index contributed by atoms with van der Waals surface area (Å²) in [5.74, 6) is 0.0168. The highest BCUT2D eigenvalue weighted by Crippen LogP contribution is 2.23. The lowest BCUT2D eigenvalue weighted by atomic mass is 9.85. The largest absolute Gasteiger partial charge is 0.350 e. The molecule has 0 unspecified atom stereocenters. The van der Waals surface area contributed by atoms with Crippen LogP contribution in [0.25, 0.3) is 0 Å². The molecule has 0 bridgehead atoms. The molecule has 21 heavy (non-hydrogen) atoms. The van der Waals surface area contributed by atoms with Crippen molar-refractivity contribution in [3.05, 3.63) is 64.9 Å². The van der Waals surface area contributed by atoms with Gasteiger partial charge in [0.15, 0.2) is 0 Å². The molecule has 0 aliphatic heterocycles. The van der Waals surface area contributed by atoms with Crippen LogP contribution in [0.5, 0.6) is 0 Å². The van der Waals surface area contributed by atoms with E-state index in [9.17, 15) is 4.79 Å². The number of halogens is 1. The topological polar surface area (TPSA) is 42.0 Å². The van der Waals surface area contributed by atoms with Gasteiger partial charge in [-0.3, -0.25) is 9.78 Å². The van der Waals surface area contributed by atoms with Crippen molar-refractivity contribution in [1.29, 1.82) is 0 Å². The summed E-state index contributed by atoms with van der Waals surface area (Å²) in [5, 5.41) is 3.65. The first kappa shape index (κ1) is 15.5. The second kappa shape index (κ2) is 6.72. The van der Waals surface area contributed by atoms with E-state index in [1.165, 1.54) is 0 Å². The van der Waals surface area contributed by atoms with E-state index in [-0.39, 0.29) is 5.91 Å². The third-order valence-electron chi connectivity index (χ3n) is 3.33. The Bertz CT molecular complexity index is 594. The third-order valence-corrected chi connectivity index (χ3v) is 3.58. The first-order valence-corrected chi connectivity index (χ1v) is 7.28. The van der Waals surface area contributed by atoms with Crippen molar-refractivity contribution in [2.24, 2.45) is 5.41 Å². The van der Waals surface area contributed by atoms with Gasteiger partial charge >= 0.3 is 0 Å². The van der Waals surface area contributed by atoms with Crippen LogP contribution in [-0.4, -0.2) is 10.9 Å². The molecule has 1 N–H and O–H groups in total. The second-order valence-electron chi connectivity index (χ2n) is 5.69. The molecule has 1 aromatic heterocycles. The van der Waals surface area contributed by atoms with Crippen LogP contribution in [0, 0.1) is 5.41 Å². The molecule has 0 atom stereocenters. The van der Waals surface area contributed by atoms with Crippen molar-refractivity contribution in [2.75, 3.05) is 0 Å². The Morgan fingerprint density at radius 2 is 1.90 bits per heavy atom. The fourth-order valence-corrected chi connectivity index (χ4v) is 2.23. The smallest absolute Gasteiger partial charge is 0.226 e. The zero-order valence-corrected chi connectivity index (χ0v) is 13.0. The molecule has 0 spiro atoms. The second-order valence-corrected chi connectivity index (χ2v) is 6.13. The van der Waals surface area contributed by atoms with E-state index in [4.69, 9.17) is 11.6 Å². The average molecular weight is 303 g/mol. The van der Waals surface area contributed by atoms with Crippen molar-refractivity contribution >= 4 is 17.5 Å². The van der Waals surface area contributed by atoms with Crippen molar-refractivity contribution in [2.45, 2.75) is 26.8 Å². The fourth-order valence-electron chi connectivity index (χ4n) is 2.11. The number of nitrogens with zero attached hydrogens (tertiary/aromatic N) is 1. The van der Waals surface area contributed by atoms with Crippen LogP contribution >= 0.6 is 11.6 Å². The quantitative estimate of drug-likeness (QED) is 0.916. The van der Waals surface area contributed by atoms with Gasteiger partial charge in [0.2, 0.25) is 5.91 Å². The Kier molecular flexibility index (Phi) is 4.97. The number of amides is 1. The van der Waals surface area contributed by atoms with Crippen molar-refractivity contribution < 1.29 is 4.79 Å². The SMILES string of the molecule is CC(C)(Cc1ccc(Cl)cc1)C(=O)NCc1ccccn1. The van der Waals surface area contributed by atoms with Crippen LogP contribution in [-0.2, 0) is 17.8 Å². The van der Waals surface area contributed by atoms with Gasteiger partial charge < -0.3 is 5.32 Å². The predicted molar refractivity (Wildman–Crippen MR) is 85.0 cm³/mol. The molecular weight excluding hydrogens is 284 g/mol. The average Bonchev–Trinajstić information content (AvgIpc) is 2.48. The Morgan fingerprint density at radius 3 is 2.52 bits per heavy atom. The van der Waals surface area contributed by atoms with Gasteiger partial charge in [-0.2, -0.15) is 0 Å². The molecular formula is C17H19ClN2O. The zero-order valence-electron chi connectivity index (χ0n) is 12.3. The van der Waals surface area contributed by atoms with Gasteiger partial charge in [-0.25, -0.2) is 0 Å². The van der Waals surface area contributed by atoms with E-state index >= 15 is 0 Å². The highest BCUT2D eigenvalue weighted by molar-refractivity contribution is 6.30. The Hall–Kier alpha value is -1.87. The maximum Gasteiger partial charge on any atom is 0.226 e. The summed E-state index contributed by atoms with van der Waals surface area (Å²) < 4.78 is 0. The fraction of sp³-hybridized carbons (Fsp3) is 0.294. The van der Waals surface area contributed by atoms with E-state index in [0.717, 1.165) is 11.3 Å². The predicted octanol–water partition coefficient (Wildman–Crippen LogP) is 3.62.